The summed E-state index contributed by atoms with van der Waals surface area (Å²) in [7, 11) is 1.48. The van der Waals surface area contributed by atoms with Crippen LogP contribution in [0, 0.1) is 6.92 Å². The van der Waals surface area contributed by atoms with Crippen LogP contribution in [0.3, 0.4) is 0 Å². The number of hydrogen-bond donors (Lipinski definition) is 1. The van der Waals surface area contributed by atoms with E-state index in [1.165, 1.54) is 25.3 Å². The van der Waals surface area contributed by atoms with Crippen LogP contribution in [0.5, 0.6) is 11.5 Å². The van der Waals surface area contributed by atoms with Crippen molar-refractivity contribution in [2.45, 2.75) is 19.8 Å². The number of hydrogen-bond acceptors (Lipinski definition) is 4. The molecule has 1 N–H and O–H groups in total. The number of aromatic nitrogens is 2. The third-order valence-electron chi connectivity index (χ3n) is 4.07. The number of carbonyl (C=O) groups excluding carboxylic acids is 1. The fourth-order valence-corrected chi connectivity index (χ4v) is 2.74. The van der Waals surface area contributed by atoms with Crippen molar-refractivity contribution < 1.29 is 27.4 Å². The molecule has 152 valence electrons. The number of para-hydroxylation sites is 1. The van der Waals surface area contributed by atoms with E-state index < -0.39 is 12.3 Å². The second-order valence-corrected chi connectivity index (χ2v) is 6.15. The third-order valence-corrected chi connectivity index (χ3v) is 4.07. The van der Waals surface area contributed by atoms with Gasteiger partial charge in [-0.15, -0.1) is 13.2 Å². The fraction of sp³-hybridized carbons (Fsp3) is 0.200. The number of aryl methyl sites for hydroxylation is 1. The molecule has 0 saturated carbocycles. The molecule has 0 bridgehead atoms. The number of benzene rings is 2. The molecule has 0 saturated heterocycles. The molecule has 0 atom stereocenters. The van der Waals surface area contributed by atoms with Crippen molar-refractivity contribution in [2.75, 3.05) is 7.11 Å². The summed E-state index contributed by atoms with van der Waals surface area (Å²) in [6.45, 7) is 1.72. The zero-order valence-electron chi connectivity index (χ0n) is 15.7. The Morgan fingerprint density at radius 1 is 1.17 bits per heavy atom. The maximum absolute atomic E-state index is 12.5. The van der Waals surface area contributed by atoms with Gasteiger partial charge in [0.15, 0.2) is 0 Å². The topological polar surface area (TPSA) is 65.4 Å². The predicted molar refractivity (Wildman–Crippen MR) is 99.1 cm³/mol. The first-order chi connectivity index (χ1) is 13.8. The highest BCUT2D eigenvalue weighted by atomic mass is 19.4. The molecule has 0 aliphatic heterocycles. The second kappa shape index (κ2) is 8.26. The normalized spacial score (nSPS) is 11.2. The number of imidazole rings is 1. The molecular formula is C20H18F3N3O3. The number of rotatable bonds is 6. The Hall–Kier alpha value is -3.49. The Morgan fingerprint density at radius 3 is 2.59 bits per heavy atom. The highest BCUT2D eigenvalue weighted by Crippen LogP contribution is 2.27. The SMILES string of the molecule is COc1cc(C(=O)NCc2ccccc2OC(F)(F)F)ccc1-n1cnc(C)c1. The molecule has 1 aromatic heterocycles. The lowest BCUT2D eigenvalue weighted by Gasteiger charge is -2.14. The lowest BCUT2D eigenvalue weighted by molar-refractivity contribution is -0.274. The van der Waals surface area contributed by atoms with Gasteiger partial charge in [0.2, 0.25) is 0 Å². The number of halogens is 3. The van der Waals surface area contributed by atoms with Gasteiger partial charge in [-0.3, -0.25) is 4.79 Å². The number of ether oxygens (including phenoxy) is 2. The van der Waals surface area contributed by atoms with Gasteiger partial charge in [0.25, 0.3) is 5.91 Å². The summed E-state index contributed by atoms with van der Waals surface area (Å²) in [5.41, 5.74) is 2.04. The molecule has 29 heavy (non-hydrogen) atoms. The number of nitrogens with one attached hydrogen (secondary N) is 1. The Bertz CT molecular complexity index is 1020. The summed E-state index contributed by atoms with van der Waals surface area (Å²) in [4.78, 5) is 16.6. The minimum absolute atomic E-state index is 0.129. The Balaban J connectivity index is 1.75. The molecule has 9 heteroatoms. The van der Waals surface area contributed by atoms with E-state index in [9.17, 15) is 18.0 Å². The largest absolute Gasteiger partial charge is 0.573 e. The number of amides is 1. The van der Waals surface area contributed by atoms with Gasteiger partial charge >= 0.3 is 6.36 Å². The summed E-state index contributed by atoms with van der Waals surface area (Å²) in [6, 6.07) is 10.5. The van der Waals surface area contributed by atoms with Gasteiger partial charge in [0, 0.05) is 23.9 Å². The molecule has 1 amide bonds. The van der Waals surface area contributed by atoms with Crippen LogP contribution in [-0.4, -0.2) is 28.9 Å². The minimum atomic E-state index is -4.81. The van der Waals surface area contributed by atoms with Gasteiger partial charge in [-0.05, 0) is 31.2 Å². The summed E-state index contributed by atoms with van der Waals surface area (Å²) in [5.74, 6) is -0.363. The molecule has 6 nitrogen and oxygen atoms in total. The van der Waals surface area contributed by atoms with Gasteiger partial charge in [0.1, 0.15) is 11.5 Å². The van der Waals surface area contributed by atoms with E-state index in [4.69, 9.17) is 4.74 Å². The average Bonchev–Trinajstić information content (AvgIpc) is 3.11. The Labute approximate surface area is 164 Å². The lowest BCUT2D eigenvalue weighted by atomic mass is 10.1. The van der Waals surface area contributed by atoms with Crippen LogP contribution in [0.25, 0.3) is 5.69 Å². The summed E-state index contributed by atoms with van der Waals surface area (Å²) in [6.07, 6.45) is -1.37. The van der Waals surface area contributed by atoms with Crippen LogP contribution in [0.2, 0.25) is 0 Å². The van der Waals surface area contributed by atoms with Crippen molar-refractivity contribution in [1.82, 2.24) is 14.9 Å². The quantitative estimate of drug-likeness (QED) is 0.673. The molecule has 0 aliphatic carbocycles. The van der Waals surface area contributed by atoms with Crippen LogP contribution >= 0.6 is 0 Å². The van der Waals surface area contributed by atoms with E-state index in [1.807, 2.05) is 13.1 Å². The molecule has 3 aromatic rings. The van der Waals surface area contributed by atoms with Gasteiger partial charge in [-0.1, -0.05) is 18.2 Å². The molecule has 0 radical (unpaired) electrons. The number of methoxy groups -OCH3 is 1. The van der Waals surface area contributed by atoms with Crippen LogP contribution in [0.4, 0.5) is 13.2 Å². The average molecular weight is 405 g/mol. The van der Waals surface area contributed by atoms with Crippen molar-refractivity contribution in [3.8, 4) is 17.2 Å². The predicted octanol–water partition coefficient (Wildman–Crippen LogP) is 4.02. The Kier molecular flexibility index (Phi) is 5.76. The molecule has 0 spiro atoms. The van der Waals surface area contributed by atoms with E-state index in [-0.39, 0.29) is 17.9 Å². The van der Waals surface area contributed by atoms with E-state index in [1.54, 1.807) is 35.2 Å². The number of nitrogens with zero attached hydrogens (tertiary/aromatic N) is 2. The highest BCUT2D eigenvalue weighted by molar-refractivity contribution is 5.95. The van der Waals surface area contributed by atoms with Crippen molar-refractivity contribution >= 4 is 5.91 Å². The van der Waals surface area contributed by atoms with Gasteiger partial charge in [0.05, 0.1) is 24.8 Å². The third kappa shape index (κ3) is 5.07. The van der Waals surface area contributed by atoms with Crippen molar-refractivity contribution in [1.29, 1.82) is 0 Å². The van der Waals surface area contributed by atoms with Crippen molar-refractivity contribution in [3.63, 3.8) is 0 Å². The van der Waals surface area contributed by atoms with Gasteiger partial charge < -0.3 is 19.4 Å². The number of alkyl halides is 3. The molecule has 3 rings (SSSR count). The van der Waals surface area contributed by atoms with Crippen molar-refractivity contribution in [3.05, 3.63) is 71.8 Å². The fourth-order valence-electron chi connectivity index (χ4n) is 2.74. The molecule has 0 fully saturated rings. The smallest absolute Gasteiger partial charge is 0.495 e. The molecule has 1 heterocycles. The van der Waals surface area contributed by atoms with Crippen molar-refractivity contribution in [2.24, 2.45) is 0 Å². The first kappa shape index (κ1) is 20.2. The lowest BCUT2D eigenvalue weighted by Crippen LogP contribution is -2.24. The maximum Gasteiger partial charge on any atom is 0.573 e. The van der Waals surface area contributed by atoms with Gasteiger partial charge in [-0.2, -0.15) is 0 Å². The first-order valence-electron chi connectivity index (χ1n) is 8.57. The Morgan fingerprint density at radius 2 is 1.93 bits per heavy atom. The first-order valence-corrected chi connectivity index (χ1v) is 8.57. The van der Waals surface area contributed by atoms with Gasteiger partial charge in [-0.25, -0.2) is 4.98 Å². The summed E-state index contributed by atoms with van der Waals surface area (Å²) < 4.78 is 48.7. The second-order valence-electron chi connectivity index (χ2n) is 6.15. The van der Waals surface area contributed by atoms with E-state index in [2.05, 4.69) is 15.0 Å². The monoisotopic (exact) mass is 405 g/mol. The summed E-state index contributed by atoms with van der Waals surface area (Å²) in [5, 5.41) is 2.60. The molecule has 0 unspecified atom stereocenters. The van der Waals surface area contributed by atoms with E-state index in [0.29, 0.717) is 17.0 Å². The van der Waals surface area contributed by atoms with Crippen LogP contribution in [0.15, 0.2) is 55.0 Å². The zero-order valence-corrected chi connectivity index (χ0v) is 15.7. The molecular weight excluding hydrogens is 387 g/mol. The maximum atomic E-state index is 12.5. The number of carbonyl (C=O) groups is 1. The standard InChI is InChI=1S/C20H18F3N3O3/c1-13-11-26(12-25-13)16-8-7-14(9-18(16)28-2)19(27)24-10-15-5-3-4-6-17(15)29-20(21,22)23/h3-9,11-12H,10H2,1-2H3,(H,24,27). The minimum Gasteiger partial charge on any atom is -0.495 e. The highest BCUT2D eigenvalue weighted by Gasteiger charge is 2.32. The van der Waals surface area contributed by atoms with Crippen LogP contribution in [-0.2, 0) is 6.54 Å². The van der Waals surface area contributed by atoms with E-state index >= 15 is 0 Å². The summed E-state index contributed by atoms with van der Waals surface area (Å²) >= 11 is 0. The van der Waals surface area contributed by atoms with Crippen LogP contribution < -0.4 is 14.8 Å². The molecule has 0 aliphatic rings. The van der Waals surface area contributed by atoms with Crippen LogP contribution in [0.1, 0.15) is 21.6 Å². The van der Waals surface area contributed by atoms with E-state index in [0.717, 1.165) is 5.69 Å². The zero-order chi connectivity index (χ0) is 21.0. The molecule has 2 aromatic carbocycles.